The van der Waals surface area contributed by atoms with Crippen molar-refractivity contribution in [2.75, 3.05) is 0 Å². The summed E-state index contributed by atoms with van der Waals surface area (Å²) in [5.74, 6) is 5.03. The molecule has 0 aromatic rings. The third-order valence-electron chi connectivity index (χ3n) is 11.6. The first-order valence-electron chi connectivity index (χ1n) is 13.4. The van der Waals surface area contributed by atoms with Crippen LogP contribution in [0, 0.1) is 46.3 Å². The SMILES string of the molecule is CC[C@@](C)(O)CC[C@@H](C)C1CC[C@H]2[C@@H]3CC[C@H]4C[C@@](C)(O)CC[C@]4(C)[C@H]3CC[C@]12C. The predicted molar refractivity (Wildman–Crippen MR) is 125 cm³/mol. The van der Waals surface area contributed by atoms with E-state index < -0.39 is 11.2 Å². The molecule has 4 rings (SSSR count). The van der Waals surface area contributed by atoms with Gasteiger partial charge in [0.2, 0.25) is 0 Å². The Hall–Kier alpha value is -0.0800. The van der Waals surface area contributed by atoms with Gasteiger partial charge in [-0.2, -0.15) is 0 Å². The van der Waals surface area contributed by atoms with Crippen LogP contribution in [0.4, 0.5) is 0 Å². The summed E-state index contributed by atoms with van der Waals surface area (Å²) in [6, 6.07) is 0. The summed E-state index contributed by atoms with van der Waals surface area (Å²) in [4.78, 5) is 0. The van der Waals surface area contributed by atoms with Crippen LogP contribution in [0.15, 0.2) is 0 Å². The number of aliphatic hydroxyl groups is 2. The van der Waals surface area contributed by atoms with Gasteiger partial charge in [-0.25, -0.2) is 0 Å². The number of fused-ring (bicyclic) bond motifs is 5. The number of hydrogen-bond acceptors (Lipinski definition) is 2. The maximum Gasteiger partial charge on any atom is 0.0622 e. The number of rotatable bonds is 5. The Labute approximate surface area is 186 Å². The molecule has 0 saturated heterocycles. The van der Waals surface area contributed by atoms with E-state index in [2.05, 4.69) is 34.6 Å². The van der Waals surface area contributed by atoms with Crippen LogP contribution in [-0.4, -0.2) is 21.4 Å². The molecule has 4 fully saturated rings. The van der Waals surface area contributed by atoms with E-state index in [1.165, 1.54) is 51.4 Å². The van der Waals surface area contributed by atoms with Gasteiger partial charge in [0.25, 0.3) is 0 Å². The first kappa shape index (κ1) is 23.1. The smallest absolute Gasteiger partial charge is 0.0622 e. The van der Waals surface area contributed by atoms with E-state index >= 15 is 0 Å². The Morgan fingerprint density at radius 2 is 1.63 bits per heavy atom. The maximum absolute atomic E-state index is 10.7. The highest BCUT2D eigenvalue weighted by molar-refractivity contribution is 5.10. The van der Waals surface area contributed by atoms with Crippen molar-refractivity contribution < 1.29 is 10.2 Å². The van der Waals surface area contributed by atoms with Gasteiger partial charge in [0.15, 0.2) is 0 Å². The molecule has 10 atom stereocenters. The van der Waals surface area contributed by atoms with E-state index in [0.717, 1.165) is 61.2 Å². The lowest BCUT2D eigenvalue weighted by Gasteiger charge is -2.62. The van der Waals surface area contributed by atoms with Gasteiger partial charge in [-0.1, -0.05) is 27.7 Å². The average Bonchev–Trinajstić information content (AvgIpc) is 3.04. The molecule has 174 valence electrons. The van der Waals surface area contributed by atoms with Gasteiger partial charge in [-0.05, 0) is 137 Å². The lowest BCUT2D eigenvalue weighted by Crippen LogP contribution is -2.55. The molecule has 4 aliphatic rings. The van der Waals surface area contributed by atoms with Crippen molar-refractivity contribution >= 4 is 0 Å². The summed E-state index contributed by atoms with van der Waals surface area (Å²) in [7, 11) is 0. The molecule has 2 N–H and O–H groups in total. The Kier molecular flexibility index (Phi) is 5.97. The molecule has 0 bridgehead atoms. The van der Waals surface area contributed by atoms with E-state index in [0.29, 0.717) is 10.8 Å². The molecule has 2 heteroatoms. The van der Waals surface area contributed by atoms with Crippen molar-refractivity contribution in [1.29, 1.82) is 0 Å². The molecule has 1 unspecified atom stereocenters. The minimum Gasteiger partial charge on any atom is -0.390 e. The Morgan fingerprint density at radius 1 is 0.933 bits per heavy atom. The molecule has 0 spiro atoms. The second-order valence-corrected chi connectivity index (χ2v) is 13.5. The molecule has 0 heterocycles. The van der Waals surface area contributed by atoms with E-state index in [-0.39, 0.29) is 0 Å². The summed E-state index contributed by atoms with van der Waals surface area (Å²) in [5, 5.41) is 21.2. The van der Waals surface area contributed by atoms with Gasteiger partial charge < -0.3 is 10.2 Å². The van der Waals surface area contributed by atoms with Crippen LogP contribution < -0.4 is 0 Å². The minimum atomic E-state index is -0.486. The average molecular weight is 419 g/mol. The van der Waals surface area contributed by atoms with Gasteiger partial charge in [0.05, 0.1) is 11.2 Å². The fourth-order valence-corrected chi connectivity index (χ4v) is 9.32. The zero-order valence-electron chi connectivity index (χ0n) is 20.8. The maximum atomic E-state index is 10.7. The quantitative estimate of drug-likeness (QED) is 0.506. The van der Waals surface area contributed by atoms with Crippen LogP contribution in [0.25, 0.3) is 0 Å². The largest absolute Gasteiger partial charge is 0.390 e. The van der Waals surface area contributed by atoms with Gasteiger partial charge in [-0.15, -0.1) is 0 Å². The molecule has 0 aliphatic heterocycles. The topological polar surface area (TPSA) is 40.5 Å². The highest BCUT2D eigenvalue weighted by atomic mass is 16.3. The van der Waals surface area contributed by atoms with E-state index in [1.807, 2.05) is 6.92 Å². The fraction of sp³-hybridized carbons (Fsp3) is 1.00. The summed E-state index contributed by atoms with van der Waals surface area (Å²) < 4.78 is 0. The highest BCUT2D eigenvalue weighted by Gasteiger charge is 2.61. The minimum absolute atomic E-state index is 0.423. The van der Waals surface area contributed by atoms with Crippen LogP contribution in [-0.2, 0) is 0 Å². The first-order chi connectivity index (χ1) is 13.9. The van der Waals surface area contributed by atoms with Gasteiger partial charge >= 0.3 is 0 Å². The summed E-state index contributed by atoms with van der Waals surface area (Å²) in [6.45, 7) is 14.0. The third kappa shape index (κ3) is 3.81. The van der Waals surface area contributed by atoms with Crippen LogP contribution in [0.2, 0.25) is 0 Å². The second kappa shape index (κ2) is 7.75. The third-order valence-corrected chi connectivity index (χ3v) is 11.6. The molecule has 0 aromatic carbocycles. The van der Waals surface area contributed by atoms with Gasteiger partial charge in [-0.3, -0.25) is 0 Å². The van der Waals surface area contributed by atoms with Gasteiger partial charge in [0.1, 0.15) is 0 Å². The molecule has 4 aliphatic carbocycles. The van der Waals surface area contributed by atoms with Gasteiger partial charge in [0, 0.05) is 0 Å². The first-order valence-corrected chi connectivity index (χ1v) is 13.4. The van der Waals surface area contributed by atoms with Crippen molar-refractivity contribution in [2.45, 2.75) is 130 Å². The molecule has 4 saturated carbocycles. The molecule has 0 radical (unpaired) electrons. The Morgan fingerprint density at radius 3 is 2.33 bits per heavy atom. The second-order valence-electron chi connectivity index (χ2n) is 13.5. The highest BCUT2D eigenvalue weighted by Crippen LogP contribution is 2.68. The number of hydrogen-bond donors (Lipinski definition) is 2. The van der Waals surface area contributed by atoms with E-state index in [4.69, 9.17) is 0 Å². The van der Waals surface area contributed by atoms with E-state index in [1.54, 1.807) is 0 Å². The lowest BCUT2D eigenvalue weighted by molar-refractivity contribution is -0.148. The zero-order chi connectivity index (χ0) is 21.9. The van der Waals surface area contributed by atoms with Crippen LogP contribution >= 0.6 is 0 Å². The Bertz CT molecular complexity index is 624. The molecular weight excluding hydrogens is 368 g/mol. The molecule has 0 aromatic heterocycles. The van der Waals surface area contributed by atoms with Crippen molar-refractivity contribution in [3.8, 4) is 0 Å². The summed E-state index contributed by atoms with van der Waals surface area (Å²) in [5.41, 5.74) is 0.0752. The summed E-state index contributed by atoms with van der Waals surface area (Å²) >= 11 is 0. The molecule has 30 heavy (non-hydrogen) atoms. The zero-order valence-corrected chi connectivity index (χ0v) is 20.8. The van der Waals surface area contributed by atoms with Crippen LogP contribution in [0.5, 0.6) is 0 Å². The van der Waals surface area contributed by atoms with Crippen LogP contribution in [0.3, 0.4) is 0 Å². The lowest BCUT2D eigenvalue weighted by atomic mass is 9.43. The molecule has 0 amide bonds. The normalized spacial score (nSPS) is 51.4. The monoisotopic (exact) mass is 418 g/mol. The standard InChI is InChI=1S/C28H50O2/c1-7-25(3,29)14-12-19(2)22-10-11-23-21-9-8-20-18-26(4,30)16-17-27(20,5)24(21)13-15-28(22,23)6/h19-24,29-30H,7-18H2,1-6H3/t19-,20+,21+,22?,23+,24+,25-,26+,27+,28-/m1/s1. The Balaban J connectivity index is 1.48. The van der Waals surface area contributed by atoms with Crippen LogP contribution in [0.1, 0.15) is 119 Å². The fourth-order valence-electron chi connectivity index (χ4n) is 9.32. The predicted octanol–water partition coefficient (Wildman–Crippen LogP) is 6.97. The summed E-state index contributed by atoms with van der Waals surface area (Å²) in [6.07, 6.45) is 14.7. The molecular formula is C28H50O2. The van der Waals surface area contributed by atoms with Crippen molar-refractivity contribution in [3.63, 3.8) is 0 Å². The van der Waals surface area contributed by atoms with Crippen molar-refractivity contribution in [1.82, 2.24) is 0 Å². The van der Waals surface area contributed by atoms with E-state index in [9.17, 15) is 10.2 Å². The molecule has 2 nitrogen and oxygen atoms in total. The van der Waals surface area contributed by atoms with Crippen molar-refractivity contribution in [3.05, 3.63) is 0 Å². The van der Waals surface area contributed by atoms with Crippen molar-refractivity contribution in [2.24, 2.45) is 46.3 Å².